The van der Waals surface area contributed by atoms with Crippen LogP contribution >= 0.6 is 0 Å². The van der Waals surface area contributed by atoms with E-state index in [4.69, 9.17) is 0 Å². The van der Waals surface area contributed by atoms with Crippen LogP contribution in [-0.2, 0) is 6.42 Å². The molecule has 0 unspecified atom stereocenters. The zero-order chi connectivity index (χ0) is 29.2. The van der Waals surface area contributed by atoms with Crippen molar-refractivity contribution in [1.82, 2.24) is 8.97 Å². The second-order valence-electron chi connectivity index (χ2n) is 12.5. The number of hydrogen-bond acceptors (Lipinski definition) is 0. The molecule has 0 radical (unpaired) electrons. The molecule has 7 aromatic carbocycles. The second-order valence-corrected chi connectivity index (χ2v) is 12.5. The summed E-state index contributed by atoms with van der Waals surface area (Å²) in [6.45, 7) is 0. The Morgan fingerprint density at radius 3 is 1.91 bits per heavy atom. The molecule has 1 aliphatic carbocycles. The lowest BCUT2D eigenvalue weighted by Crippen LogP contribution is -1.95. The average molecular weight is 571 g/mol. The topological polar surface area (TPSA) is 9.34 Å². The summed E-state index contributed by atoms with van der Waals surface area (Å²) in [5, 5.41) is 7.83. The van der Waals surface area contributed by atoms with Gasteiger partial charge in [0.1, 0.15) is 0 Å². The third-order valence-electron chi connectivity index (χ3n) is 10.3. The predicted molar refractivity (Wildman–Crippen MR) is 189 cm³/mol. The van der Waals surface area contributed by atoms with Gasteiger partial charge < -0.3 is 8.97 Å². The maximum absolute atomic E-state index is 2.47. The molecule has 0 aliphatic heterocycles. The van der Waals surface area contributed by atoms with Crippen LogP contribution in [0, 0.1) is 0 Å². The van der Waals surface area contributed by atoms with E-state index in [9.17, 15) is 0 Å². The van der Waals surface area contributed by atoms with Crippen LogP contribution in [0.2, 0.25) is 0 Å². The molecule has 208 valence electrons. The van der Waals surface area contributed by atoms with E-state index >= 15 is 0 Å². The summed E-state index contributed by atoms with van der Waals surface area (Å²) in [4.78, 5) is 0. The molecule has 0 amide bonds. The molecule has 3 aromatic heterocycles. The molecule has 2 nitrogen and oxygen atoms in total. The molecule has 0 bridgehead atoms. The Bertz CT molecular complexity index is 2840. The highest BCUT2D eigenvalue weighted by Gasteiger charge is 2.21. The lowest BCUT2D eigenvalue weighted by atomic mass is 10.0. The van der Waals surface area contributed by atoms with E-state index in [1.807, 2.05) is 0 Å². The van der Waals surface area contributed by atoms with Gasteiger partial charge in [0.15, 0.2) is 0 Å². The van der Waals surface area contributed by atoms with Gasteiger partial charge in [0, 0.05) is 38.0 Å². The summed E-state index contributed by atoms with van der Waals surface area (Å²) in [5.41, 5.74) is 15.6. The number of fused-ring (bicyclic) bond motifs is 12. The molecule has 11 rings (SSSR count). The van der Waals surface area contributed by atoms with E-state index in [2.05, 4.69) is 155 Å². The highest BCUT2D eigenvalue weighted by Crippen LogP contribution is 2.42. The van der Waals surface area contributed by atoms with Crippen molar-refractivity contribution in [3.05, 3.63) is 157 Å². The molecule has 0 fully saturated rings. The highest BCUT2D eigenvalue weighted by atomic mass is 15.0. The fourth-order valence-electron chi connectivity index (χ4n) is 8.31. The van der Waals surface area contributed by atoms with Crippen LogP contribution in [0.3, 0.4) is 0 Å². The largest absolute Gasteiger partial charge is 0.309 e. The predicted octanol–water partition coefficient (Wildman–Crippen LogP) is 11.2. The summed E-state index contributed by atoms with van der Waals surface area (Å²) < 4.78 is 4.91. The molecule has 0 spiro atoms. The van der Waals surface area contributed by atoms with Crippen LogP contribution in [0.5, 0.6) is 0 Å². The van der Waals surface area contributed by atoms with E-state index in [1.54, 1.807) is 0 Å². The number of aromatic nitrogens is 2. The van der Waals surface area contributed by atoms with E-state index in [0.717, 1.165) is 6.42 Å². The molecule has 3 heterocycles. The molecular weight excluding hydrogens is 544 g/mol. The van der Waals surface area contributed by atoms with Crippen molar-refractivity contribution < 1.29 is 0 Å². The van der Waals surface area contributed by atoms with Crippen molar-refractivity contribution in [3.8, 4) is 27.9 Å². The quantitative estimate of drug-likeness (QED) is 0.196. The van der Waals surface area contributed by atoms with Gasteiger partial charge in [-0.1, -0.05) is 103 Å². The number of nitrogens with zero attached hydrogens (tertiary/aromatic N) is 2. The summed E-state index contributed by atoms with van der Waals surface area (Å²) in [5.74, 6) is 0. The average Bonchev–Trinajstić information content (AvgIpc) is 3.83. The SMILES string of the molecule is c1ccc2c(c1)Cc1cc(-n3c4ccccc4c4cc(-c5ccc6c7cccc8c9ccccc9n(c6c5)c87)ccc43)ccc1-2. The van der Waals surface area contributed by atoms with Crippen molar-refractivity contribution in [1.29, 1.82) is 0 Å². The number of benzene rings is 7. The van der Waals surface area contributed by atoms with Crippen LogP contribution in [0.15, 0.2) is 146 Å². The Kier molecular flexibility index (Phi) is 4.40. The summed E-state index contributed by atoms with van der Waals surface area (Å²) in [6.07, 6.45) is 0.992. The third kappa shape index (κ3) is 3.03. The van der Waals surface area contributed by atoms with Gasteiger partial charge in [-0.25, -0.2) is 0 Å². The Morgan fingerprint density at radius 1 is 0.378 bits per heavy atom. The van der Waals surface area contributed by atoms with Gasteiger partial charge in [-0.15, -0.1) is 0 Å². The Morgan fingerprint density at radius 2 is 1.02 bits per heavy atom. The summed E-state index contributed by atoms with van der Waals surface area (Å²) in [6, 6.07) is 54.2. The smallest absolute Gasteiger partial charge is 0.0620 e. The first-order valence-electron chi connectivity index (χ1n) is 15.7. The molecule has 0 N–H and O–H groups in total. The van der Waals surface area contributed by atoms with Gasteiger partial charge in [-0.3, -0.25) is 0 Å². The van der Waals surface area contributed by atoms with Crippen molar-refractivity contribution >= 4 is 59.9 Å². The molecule has 0 saturated carbocycles. The van der Waals surface area contributed by atoms with Crippen molar-refractivity contribution in [2.75, 3.05) is 0 Å². The molecule has 45 heavy (non-hydrogen) atoms. The monoisotopic (exact) mass is 570 g/mol. The summed E-state index contributed by atoms with van der Waals surface area (Å²) >= 11 is 0. The van der Waals surface area contributed by atoms with E-state index in [-0.39, 0.29) is 0 Å². The van der Waals surface area contributed by atoms with Crippen molar-refractivity contribution in [2.24, 2.45) is 0 Å². The number of para-hydroxylation sites is 3. The first-order valence-corrected chi connectivity index (χ1v) is 15.7. The standard InChI is InChI=1S/C43H26N2/c1-2-9-31-28(8-1)22-29-23-30(18-20-32(29)31)44-39-14-5-4-11-34(39)38-24-26(17-21-41(38)44)27-16-19-35-37-13-7-12-36-33-10-3-6-15-40(33)45(43(36)37)42(35)25-27/h1-21,23-25H,22H2. The normalized spacial score (nSPS) is 12.8. The van der Waals surface area contributed by atoms with Gasteiger partial charge in [-0.2, -0.15) is 0 Å². The third-order valence-corrected chi connectivity index (χ3v) is 10.3. The van der Waals surface area contributed by atoms with Crippen LogP contribution in [0.4, 0.5) is 0 Å². The van der Waals surface area contributed by atoms with Gasteiger partial charge in [-0.05, 0) is 82.3 Å². The Hall–Kier alpha value is -5.86. The second kappa shape index (κ2) is 8.40. The van der Waals surface area contributed by atoms with E-state index in [0.29, 0.717) is 0 Å². The number of hydrogen-bond donors (Lipinski definition) is 0. The molecule has 2 heteroatoms. The van der Waals surface area contributed by atoms with Gasteiger partial charge in [0.25, 0.3) is 0 Å². The number of rotatable bonds is 2. The molecule has 1 aliphatic rings. The van der Waals surface area contributed by atoms with Crippen LogP contribution in [0.25, 0.3) is 87.8 Å². The molecular formula is C43H26N2. The summed E-state index contributed by atoms with van der Waals surface area (Å²) in [7, 11) is 0. The fraction of sp³-hybridized carbons (Fsp3) is 0.0233. The van der Waals surface area contributed by atoms with Gasteiger partial charge >= 0.3 is 0 Å². The molecule has 0 saturated heterocycles. The molecule has 0 atom stereocenters. The van der Waals surface area contributed by atoms with Crippen molar-refractivity contribution in [3.63, 3.8) is 0 Å². The van der Waals surface area contributed by atoms with Crippen LogP contribution in [-0.4, -0.2) is 8.97 Å². The minimum atomic E-state index is 0.992. The maximum Gasteiger partial charge on any atom is 0.0620 e. The lowest BCUT2D eigenvalue weighted by Gasteiger charge is -2.11. The Labute approximate surface area is 259 Å². The minimum Gasteiger partial charge on any atom is -0.309 e. The van der Waals surface area contributed by atoms with Crippen LogP contribution in [0.1, 0.15) is 11.1 Å². The van der Waals surface area contributed by atoms with E-state index in [1.165, 1.54) is 99.0 Å². The van der Waals surface area contributed by atoms with Crippen LogP contribution < -0.4 is 0 Å². The Balaban J connectivity index is 1.12. The van der Waals surface area contributed by atoms with Gasteiger partial charge in [0.2, 0.25) is 0 Å². The fourth-order valence-corrected chi connectivity index (χ4v) is 8.31. The maximum atomic E-state index is 2.47. The first-order chi connectivity index (χ1) is 22.3. The van der Waals surface area contributed by atoms with Gasteiger partial charge in [0.05, 0.1) is 27.6 Å². The lowest BCUT2D eigenvalue weighted by molar-refractivity contribution is 1.16. The van der Waals surface area contributed by atoms with Crippen molar-refractivity contribution in [2.45, 2.75) is 6.42 Å². The molecule has 10 aromatic rings. The highest BCUT2D eigenvalue weighted by molar-refractivity contribution is 6.23. The first kappa shape index (κ1) is 23.6. The zero-order valence-electron chi connectivity index (χ0n) is 24.5. The minimum absolute atomic E-state index is 0.992. The van der Waals surface area contributed by atoms with E-state index < -0.39 is 0 Å². The zero-order valence-corrected chi connectivity index (χ0v) is 24.5.